The van der Waals surface area contributed by atoms with Gasteiger partial charge in [-0.25, -0.2) is 9.50 Å². The number of H-pyrrole nitrogens is 1. The van der Waals surface area contributed by atoms with Crippen LogP contribution in [0.1, 0.15) is 28.8 Å². The van der Waals surface area contributed by atoms with Gasteiger partial charge in [-0.05, 0) is 18.9 Å². The number of aromatic nitrogens is 5. The number of hydrogen-bond acceptors (Lipinski definition) is 6. The summed E-state index contributed by atoms with van der Waals surface area (Å²) in [5.74, 6) is 0.822. The molecule has 2 N–H and O–H groups in total. The molecule has 1 aliphatic heterocycles. The van der Waals surface area contributed by atoms with Crippen molar-refractivity contribution in [2.24, 2.45) is 0 Å². The average Bonchev–Trinajstić information content (AvgIpc) is 3.22. The number of aliphatic hydroxyl groups is 1. The van der Waals surface area contributed by atoms with Crippen LogP contribution in [0.5, 0.6) is 0 Å². The second-order valence-electron chi connectivity index (χ2n) is 6.01. The zero-order valence-electron chi connectivity index (χ0n) is 13.1. The van der Waals surface area contributed by atoms with Gasteiger partial charge in [0.25, 0.3) is 0 Å². The van der Waals surface area contributed by atoms with Crippen molar-refractivity contribution in [3.63, 3.8) is 0 Å². The Labute approximate surface area is 138 Å². The summed E-state index contributed by atoms with van der Waals surface area (Å²) in [6, 6.07) is 1.77. The normalized spacial score (nSPS) is 16.0. The largest absolute Gasteiger partial charge is 0.393 e. The van der Waals surface area contributed by atoms with E-state index in [0.717, 1.165) is 37.3 Å². The Morgan fingerprint density at radius 1 is 1.33 bits per heavy atom. The summed E-state index contributed by atoms with van der Waals surface area (Å²) in [5.41, 5.74) is 1.93. The fraction of sp³-hybridized carbons (Fsp3) is 0.375. The quantitative estimate of drug-likeness (QED) is 0.689. The van der Waals surface area contributed by atoms with E-state index >= 15 is 0 Å². The number of rotatable bonds is 4. The van der Waals surface area contributed by atoms with Gasteiger partial charge in [0.1, 0.15) is 5.82 Å². The molecule has 1 aliphatic rings. The van der Waals surface area contributed by atoms with Gasteiger partial charge < -0.3 is 10.0 Å². The van der Waals surface area contributed by atoms with Gasteiger partial charge in [0.2, 0.25) is 0 Å². The predicted molar refractivity (Wildman–Crippen MR) is 87.1 cm³/mol. The number of ketones is 1. The van der Waals surface area contributed by atoms with E-state index in [4.69, 9.17) is 0 Å². The van der Waals surface area contributed by atoms with Gasteiger partial charge in [0.15, 0.2) is 11.4 Å². The number of piperidine rings is 1. The van der Waals surface area contributed by atoms with E-state index in [0.29, 0.717) is 11.2 Å². The molecule has 0 saturated carbocycles. The summed E-state index contributed by atoms with van der Waals surface area (Å²) in [6.07, 6.45) is 8.12. The number of carbonyl (C=O) groups excluding carboxylic acids is 1. The van der Waals surface area contributed by atoms with Crippen molar-refractivity contribution in [2.45, 2.75) is 25.4 Å². The Balaban J connectivity index is 1.56. The van der Waals surface area contributed by atoms with Gasteiger partial charge in [-0.1, -0.05) is 0 Å². The molecule has 4 heterocycles. The SMILES string of the molecule is O=C(Cc1cn[nH]c1N1CCC(O)CC1)c1cnn2cccnc12. The van der Waals surface area contributed by atoms with Gasteiger partial charge in [-0.3, -0.25) is 9.89 Å². The van der Waals surface area contributed by atoms with Gasteiger partial charge in [-0.15, -0.1) is 0 Å². The summed E-state index contributed by atoms with van der Waals surface area (Å²) < 4.78 is 1.59. The lowest BCUT2D eigenvalue weighted by atomic mass is 10.0. The lowest BCUT2D eigenvalue weighted by molar-refractivity contribution is 0.0994. The number of Topliss-reactive ketones (excluding diaryl/α,β-unsaturated/α-hetero) is 1. The molecular weight excluding hydrogens is 308 g/mol. The molecule has 3 aromatic heterocycles. The molecule has 0 spiro atoms. The first kappa shape index (κ1) is 14.8. The standard InChI is InChI=1S/C16H18N6O2/c23-12-2-6-21(7-3-12)15-11(9-18-20-15)8-14(24)13-10-19-22-5-1-4-17-16(13)22/h1,4-5,9-10,12,23H,2-3,6-8H2,(H,18,20). The number of aromatic amines is 1. The van der Waals surface area contributed by atoms with Crippen LogP contribution >= 0.6 is 0 Å². The summed E-state index contributed by atoms with van der Waals surface area (Å²) >= 11 is 0. The Bertz CT molecular complexity index is 862. The fourth-order valence-electron chi connectivity index (χ4n) is 3.09. The fourth-order valence-corrected chi connectivity index (χ4v) is 3.09. The minimum absolute atomic E-state index is 0.0385. The molecule has 1 saturated heterocycles. The van der Waals surface area contributed by atoms with E-state index in [1.165, 1.54) is 0 Å². The maximum atomic E-state index is 12.7. The first-order valence-electron chi connectivity index (χ1n) is 7.99. The van der Waals surface area contributed by atoms with E-state index in [2.05, 4.69) is 25.2 Å². The first-order valence-corrected chi connectivity index (χ1v) is 7.99. The molecule has 124 valence electrons. The van der Waals surface area contributed by atoms with Gasteiger partial charge in [-0.2, -0.15) is 10.2 Å². The van der Waals surface area contributed by atoms with Crippen molar-refractivity contribution in [3.05, 3.63) is 42.0 Å². The van der Waals surface area contributed by atoms with Crippen LogP contribution in [0.15, 0.2) is 30.9 Å². The molecule has 0 amide bonds. The predicted octanol–water partition coefficient (Wildman–Crippen LogP) is 0.839. The Morgan fingerprint density at radius 2 is 2.17 bits per heavy atom. The number of hydrogen-bond donors (Lipinski definition) is 2. The molecule has 3 aromatic rings. The summed E-state index contributed by atoms with van der Waals surface area (Å²) in [4.78, 5) is 19.0. The molecule has 1 fully saturated rings. The van der Waals surface area contributed by atoms with E-state index < -0.39 is 0 Å². The van der Waals surface area contributed by atoms with Crippen molar-refractivity contribution < 1.29 is 9.90 Å². The number of nitrogens with zero attached hydrogens (tertiary/aromatic N) is 5. The van der Waals surface area contributed by atoms with Crippen molar-refractivity contribution >= 4 is 17.2 Å². The number of nitrogens with one attached hydrogen (secondary N) is 1. The summed E-state index contributed by atoms with van der Waals surface area (Å²) in [7, 11) is 0. The van der Waals surface area contributed by atoms with Crippen LogP contribution in [0.4, 0.5) is 5.82 Å². The molecule has 0 bridgehead atoms. The maximum Gasteiger partial charge on any atom is 0.172 e. The molecule has 0 aromatic carbocycles. The minimum Gasteiger partial charge on any atom is -0.393 e. The van der Waals surface area contributed by atoms with Crippen LogP contribution in [-0.2, 0) is 6.42 Å². The zero-order chi connectivity index (χ0) is 16.5. The third-order valence-electron chi connectivity index (χ3n) is 4.41. The molecule has 0 atom stereocenters. The molecule has 0 aliphatic carbocycles. The van der Waals surface area contributed by atoms with Crippen LogP contribution in [0.3, 0.4) is 0 Å². The highest BCUT2D eigenvalue weighted by molar-refractivity contribution is 6.02. The number of aliphatic hydroxyl groups excluding tert-OH is 1. The average molecular weight is 326 g/mol. The van der Waals surface area contributed by atoms with Crippen LogP contribution < -0.4 is 4.90 Å². The highest BCUT2D eigenvalue weighted by atomic mass is 16.3. The number of anilines is 1. The molecule has 0 unspecified atom stereocenters. The topological polar surface area (TPSA) is 99.4 Å². The van der Waals surface area contributed by atoms with Crippen molar-refractivity contribution in [2.75, 3.05) is 18.0 Å². The number of fused-ring (bicyclic) bond motifs is 1. The zero-order valence-corrected chi connectivity index (χ0v) is 13.1. The molecule has 8 heteroatoms. The van der Waals surface area contributed by atoms with Crippen molar-refractivity contribution in [3.8, 4) is 0 Å². The summed E-state index contributed by atoms with van der Waals surface area (Å²) in [5, 5.41) is 20.9. The molecule has 24 heavy (non-hydrogen) atoms. The Kier molecular flexibility index (Phi) is 3.73. The maximum absolute atomic E-state index is 12.7. The molecule has 8 nitrogen and oxygen atoms in total. The first-order chi connectivity index (χ1) is 11.7. The lowest BCUT2D eigenvalue weighted by Crippen LogP contribution is -2.36. The van der Waals surface area contributed by atoms with Gasteiger partial charge >= 0.3 is 0 Å². The molecular formula is C16H18N6O2. The molecule has 0 radical (unpaired) electrons. The van der Waals surface area contributed by atoms with E-state index in [9.17, 15) is 9.90 Å². The third-order valence-corrected chi connectivity index (χ3v) is 4.41. The molecule has 4 rings (SSSR count). The highest BCUT2D eigenvalue weighted by Crippen LogP contribution is 2.23. The van der Waals surface area contributed by atoms with Gasteiger partial charge in [0, 0.05) is 37.5 Å². The smallest absolute Gasteiger partial charge is 0.172 e. The van der Waals surface area contributed by atoms with Crippen LogP contribution in [-0.4, -0.2) is 54.9 Å². The monoisotopic (exact) mass is 326 g/mol. The van der Waals surface area contributed by atoms with Crippen LogP contribution in [0, 0.1) is 0 Å². The lowest BCUT2D eigenvalue weighted by Gasteiger charge is -2.30. The van der Waals surface area contributed by atoms with Crippen LogP contribution in [0.25, 0.3) is 5.65 Å². The second kappa shape index (κ2) is 6.04. The van der Waals surface area contributed by atoms with Gasteiger partial charge in [0.05, 0.1) is 24.1 Å². The third kappa shape index (κ3) is 2.65. The Morgan fingerprint density at radius 3 is 3.00 bits per heavy atom. The van der Waals surface area contributed by atoms with E-state index in [1.54, 1.807) is 35.4 Å². The number of carbonyl (C=O) groups is 1. The Hall–Kier alpha value is -2.74. The van der Waals surface area contributed by atoms with E-state index in [-0.39, 0.29) is 18.3 Å². The van der Waals surface area contributed by atoms with Crippen molar-refractivity contribution in [1.82, 2.24) is 24.8 Å². The summed E-state index contributed by atoms with van der Waals surface area (Å²) in [6.45, 7) is 1.51. The second-order valence-corrected chi connectivity index (χ2v) is 6.01. The van der Waals surface area contributed by atoms with Crippen LogP contribution in [0.2, 0.25) is 0 Å². The van der Waals surface area contributed by atoms with E-state index in [1.807, 2.05) is 0 Å². The minimum atomic E-state index is -0.237. The highest BCUT2D eigenvalue weighted by Gasteiger charge is 2.23. The van der Waals surface area contributed by atoms with Crippen molar-refractivity contribution in [1.29, 1.82) is 0 Å².